The lowest BCUT2D eigenvalue weighted by Crippen LogP contribution is -2.41. The lowest BCUT2D eigenvalue weighted by molar-refractivity contribution is 0.133. The molecule has 0 saturated heterocycles. The highest BCUT2D eigenvalue weighted by molar-refractivity contribution is 14.2. The molecule has 20 heavy (non-hydrogen) atoms. The van der Waals surface area contributed by atoms with Crippen molar-refractivity contribution >= 4 is 40.4 Å². The van der Waals surface area contributed by atoms with Crippen LogP contribution in [0.5, 0.6) is 0 Å². The fraction of sp³-hybridized carbons (Fsp3) is 0.538. The van der Waals surface area contributed by atoms with Crippen LogP contribution in [0.2, 0.25) is 0 Å². The average Bonchev–Trinajstić information content (AvgIpc) is 2.41. The Morgan fingerprint density at radius 2 is 1.90 bits per heavy atom. The zero-order valence-corrected chi connectivity index (χ0v) is 15.0. The fourth-order valence-corrected chi connectivity index (χ4v) is 4.83. The van der Waals surface area contributed by atoms with Crippen molar-refractivity contribution in [2.45, 2.75) is 49.6 Å². The van der Waals surface area contributed by atoms with Gasteiger partial charge in [0.05, 0.1) is 11.0 Å². The van der Waals surface area contributed by atoms with E-state index in [1.807, 2.05) is 6.92 Å². The monoisotopic (exact) mass is 427 g/mol. The van der Waals surface area contributed by atoms with Gasteiger partial charge >= 0.3 is 0 Å². The maximum absolute atomic E-state index is 12.3. The molecule has 2 unspecified atom stereocenters. The molecule has 0 heterocycles. The number of benzene rings is 1. The zero-order chi connectivity index (χ0) is 14.6. The van der Waals surface area contributed by atoms with Crippen LogP contribution in [0.15, 0.2) is 29.2 Å². The first-order valence-corrected chi connectivity index (χ1v) is 11.3. The van der Waals surface area contributed by atoms with Gasteiger partial charge in [-0.2, -0.15) is 8.42 Å². The predicted octanol–water partition coefficient (Wildman–Crippen LogP) is 3.60. The van der Waals surface area contributed by atoms with Crippen LogP contribution in [0.3, 0.4) is 0 Å². The van der Waals surface area contributed by atoms with Gasteiger partial charge in [-0.3, -0.25) is 4.18 Å². The van der Waals surface area contributed by atoms with Crippen molar-refractivity contribution in [3.8, 4) is 0 Å². The molecule has 0 bridgehead atoms. The van der Waals surface area contributed by atoms with Gasteiger partial charge in [-0.25, -0.2) is 4.72 Å². The lowest BCUT2D eigenvalue weighted by atomic mass is 9.93. The Bertz CT molecular complexity index is 531. The third kappa shape index (κ3) is 4.33. The molecule has 4 nitrogen and oxygen atoms in total. The molecule has 0 radical (unpaired) electrons. The Balaban J connectivity index is 2.12. The lowest BCUT2D eigenvalue weighted by Gasteiger charge is -2.30. The molecule has 1 fully saturated rings. The second kappa shape index (κ2) is 7.44. The number of halogens is 1. The van der Waals surface area contributed by atoms with E-state index in [4.69, 9.17) is 4.18 Å². The van der Waals surface area contributed by atoms with Crippen LogP contribution in [-0.2, 0) is 14.3 Å². The number of rotatable bonds is 5. The van der Waals surface area contributed by atoms with Crippen LogP contribution in [0.1, 0.15) is 31.2 Å². The molecule has 1 saturated carbocycles. The first-order chi connectivity index (χ1) is 9.53. The Hall–Kier alpha value is 0.170. The summed E-state index contributed by atoms with van der Waals surface area (Å²) >= 11 is 2.15. The molecular formula is C13H18INO3S2. The molecule has 1 aliphatic carbocycles. The van der Waals surface area contributed by atoms with Gasteiger partial charge in [0.15, 0.2) is 0 Å². The highest BCUT2D eigenvalue weighted by atomic mass is 127. The van der Waals surface area contributed by atoms with E-state index < -0.39 is 10.1 Å². The van der Waals surface area contributed by atoms with Crippen molar-refractivity contribution in [1.29, 1.82) is 0 Å². The first-order valence-electron chi connectivity index (χ1n) is 6.56. The quantitative estimate of drug-likeness (QED) is 0.442. The normalized spacial score (nSPS) is 23.7. The van der Waals surface area contributed by atoms with Crippen molar-refractivity contribution in [2.75, 3.05) is 0 Å². The Labute approximate surface area is 136 Å². The summed E-state index contributed by atoms with van der Waals surface area (Å²) in [5.74, 6) is 0. The Morgan fingerprint density at radius 3 is 2.55 bits per heavy atom. The summed E-state index contributed by atoms with van der Waals surface area (Å²) in [6.45, 7) is 1.93. The van der Waals surface area contributed by atoms with Crippen LogP contribution < -0.4 is 4.72 Å². The minimum atomic E-state index is -3.68. The topological polar surface area (TPSA) is 55.4 Å². The van der Waals surface area contributed by atoms with E-state index in [1.165, 1.54) is 9.12 Å². The summed E-state index contributed by atoms with van der Waals surface area (Å²) in [5.41, 5.74) is 1.03. The van der Waals surface area contributed by atoms with Crippen molar-refractivity contribution in [2.24, 2.45) is 0 Å². The smallest absolute Gasteiger partial charge is 0.261 e. The summed E-state index contributed by atoms with van der Waals surface area (Å²) in [5, 5.41) is 0. The van der Waals surface area contributed by atoms with Gasteiger partial charge in [0.1, 0.15) is 0 Å². The van der Waals surface area contributed by atoms with Crippen molar-refractivity contribution in [3.05, 3.63) is 29.8 Å². The standard InChI is InChI=1S/C13H18INO3S2/c1-10-6-8-11(9-7-10)20(16,17)18-13-5-3-2-4-12(13)15-19-14/h6-9,12-13,15H,2-5H2,1H3. The molecule has 7 heteroatoms. The van der Waals surface area contributed by atoms with Gasteiger partial charge in [-0.05, 0) is 41.0 Å². The maximum atomic E-state index is 12.3. The van der Waals surface area contributed by atoms with Gasteiger partial charge in [-0.1, -0.05) is 30.5 Å². The summed E-state index contributed by atoms with van der Waals surface area (Å²) in [7, 11) is -2.20. The molecule has 2 rings (SSSR count). The molecule has 1 aliphatic rings. The minimum absolute atomic E-state index is 0.0888. The second-order valence-electron chi connectivity index (χ2n) is 4.99. The third-order valence-corrected chi connectivity index (χ3v) is 5.96. The molecule has 0 amide bonds. The van der Waals surface area contributed by atoms with Gasteiger partial charge in [-0.15, -0.1) is 0 Å². The first kappa shape index (κ1) is 16.5. The molecule has 2 atom stereocenters. The Kier molecular flexibility index (Phi) is 6.15. The van der Waals surface area contributed by atoms with Gasteiger partial charge in [0, 0.05) is 27.2 Å². The van der Waals surface area contributed by atoms with E-state index in [1.54, 1.807) is 24.3 Å². The summed E-state index contributed by atoms with van der Waals surface area (Å²) < 4.78 is 33.3. The van der Waals surface area contributed by atoms with Crippen molar-refractivity contribution in [1.82, 2.24) is 4.72 Å². The van der Waals surface area contributed by atoms with Gasteiger partial charge < -0.3 is 0 Å². The molecule has 1 aromatic carbocycles. The van der Waals surface area contributed by atoms with Crippen LogP contribution in [0, 0.1) is 6.92 Å². The van der Waals surface area contributed by atoms with Gasteiger partial charge in [0.25, 0.3) is 10.1 Å². The summed E-state index contributed by atoms with van der Waals surface area (Å²) in [6.07, 6.45) is 3.57. The molecule has 1 aromatic rings. The maximum Gasteiger partial charge on any atom is 0.297 e. The summed E-state index contributed by atoms with van der Waals surface area (Å²) in [4.78, 5) is 0.231. The zero-order valence-electron chi connectivity index (χ0n) is 11.2. The molecule has 0 spiro atoms. The van der Waals surface area contributed by atoms with E-state index in [0.29, 0.717) is 0 Å². The van der Waals surface area contributed by atoms with Crippen LogP contribution in [0.25, 0.3) is 0 Å². The molecule has 0 aliphatic heterocycles. The van der Waals surface area contributed by atoms with Gasteiger partial charge in [0.2, 0.25) is 0 Å². The van der Waals surface area contributed by atoms with Crippen LogP contribution in [0.4, 0.5) is 0 Å². The molecule has 1 N–H and O–H groups in total. The van der Waals surface area contributed by atoms with Crippen LogP contribution in [-0.4, -0.2) is 20.6 Å². The van der Waals surface area contributed by atoms with Crippen LogP contribution >= 0.6 is 30.3 Å². The molecule has 112 valence electrons. The molecule has 0 aromatic heterocycles. The SMILES string of the molecule is Cc1ccc(S(=O)(=O)OC2CCCCC2NSI)cc1. The van der Waals surface area contributed by atoms with Crippen molar-refractivity contribution < 1.29 is 12.6 Å². The van der Waals surface area contributed by atoms with Crippen molar-refractivity contribution in [3.63, 3.8) is 0 Å². The predicted molar refractivity (Wildman–Crippen MR) is 90.2 cm³/mol. The molecular weight excluding hydrogens is 409 g/mol. The average molecular weight is 427 g/mol. The number of nitrogens with one attached hydrogen (secondary N) is 1. The highest BCUT2D eigenvalue weighted by Crippen LogP contribution is 2.27. The van der Waals surface area contributed by atoms with E-state index in [2.05, 4.69) is 25.9 Å². The third-order valence-electron chi connectivity index (χ3n) is 3.46. The number of hydrogen-bond donors (Lipinski definition) is 1. The van der Waals surface area contributed by atoms with E-state index in [-0.39, 0.29) is 17.0 Å². The highest BCUT2D eigenvalue weighted by Gasteiger charge is 2.30. The minimum Gasteiger partial charge on any atom is -0.261 e. The van der Waals surface area contributed by atoms with E-state index >= 15 is 0 Å². The Morgan fingerprint density at radius 1 is 1.25 bits per heavy atom. The summed E-state index contributed by atoms with van der Waals surface area (Å²) in [6, 6.07) is 6.86. The largest absolute Gasteiger partial charge is 0.297 e. The number of aryl methyl sites for hydroxylation is 1. The second-order valence-corrected chi connectivity index (χ2v) is 8.27. The van der Waals surface area contributed by atoms with E-state index in [0.717, 1.165) is 31.2 Å². The van der Waals surface area contributed by atoms with E-state index in [9.17, 15) is 8.42 Å². The number of hydrogen-bond acceptors (Lipinski definition) is 5. The fourth-order valence-electron chi connectivity index (χ4n) is 2.33.